The van der Waals surface area contributed by atoms with Crippen molar-refractivity contribution in [3.05, 3.63) is 0 Å². The van der Waals surface area contributed by atoms with Gasteiger partial charge in [0, 0.05) is 13.1 Å². The Balaban J connectivity index is 1.81. The van der Waals surface area contributed by atoms with Crippen molar-refractivity contribution in [2.75, 3.05) is 46.4 Å². The number of nitrogens with zero attached hydrogens (tertiary/aromatic N) is 1. The molecule has 1 fully saturated rings. The normalized spacial score (nSPS) is 18.8. The van der Waals surface area contributed by atoms with E-state index in [0.29, 0.717) is 0 Å². The summed E-state index contributed by atoms with van der Waals surface area (Å²) in [6.45, 7) is 6.35. The van der Waals surface area contributed by atoms with Crippen molar-refractivity contribution in [2.45, 2.75) is 12.8 Å². The minimum atomic E-state index is 0.838. The van der Waals surface area contributed by atoms with E-state index in [-0.39, 0.29) is 0 Å². The fraction of sp³-hybridized carbons (Fsp3) is 1.00. The summed E-state index contributed by atoms with van der Waals surface area (Å²) in [6, 6.07) is 0. The first kappa shape index (κ1) is 9.96. The van der Waals surface area contributed by atoms with Gasteiger partial charge in [-0.15, -0.1) is 0 Å². The minimum absolute atomic E-state index is 0.838. The lowest BCUT2D eigenvalue weighted by Gasteiger charge is -2.13. The van der Waals surface area contributed by atoms with Crippen LogP contribution in [0.25, 0.3) is 0 Å². The fourth-order valence-corrected chi connectivity index (χ4v) is 1.48. The molecule has 1 rings (SSSR count). The predicted molar refractivity (Wildman–Crippen MR) is 50.4 cm³/mol. The molecule has 0 atom stereocenters. The molecule has 0 aromatic heterocycles. The molecule has 72 valence electrons. The lowest BCUT2D eigenvalue weighted by molar-refractivity contribution is 0.114. The van der Waals surface area contributed by atoms with E-state index >= 15 is 0 Å². The van der Waals surface area contributed by atoms with Gasteiger partial charge in [0.15, 0.2) is 0 Å². The van der Waals surface area contributed by atoms with Crippen LogP contribution in [0.3, 0.4) is 0 Å². The summed E-state index contributed by atoms with van der Waals surface area (Å²) in [6.07, 6.45) is 2.74. The van der Waals surface area contributed by atoms with Crippen molar-refractivity contribution >= 4 is 0 Å². The molecular weight excluding hydrogens is 152 g/mol. The molecule has 0 saturated carbocycles. The summed E-state index contributed by atoms with van der Waals surface area (Å²) in [5.74, 6) is 0. The highest BCUT2D eigenvalue weighted by Crippen LogP contribution is 2.05. The number of likely N-dealkylation sites (tertiary alicyclic amines) is 1. The molecular formula is C9H20N2O. The van der Waals surface area contributed by atoms with E-state index < -0.39 is 0 Å². The SMILES string of the molecule is CNCCOCCN1CCCC1. The van der Waals surface area contributed by atoms with Crippen molar-refractivity contribution in [3.63, 3.8) is 0 Å². The van der Waals surface area contributed by atoms with Gasteiger partial charge in [0.25, 0.3) is 0 Å². The van der Waals surface area contributed by atoms with Crippen LogP contribution in [-0.2, 0) is 4.74 Å². The van der Waals surface area contributed by atoms with Gasteiger partial charge in [0.05, 0.1) is 13.2 Å². The first-order chi connectivity index (χ1) is 5.93. The summed E-state index contributed by atoms with van der Waals surface area (Å²) < 4.78 is 5.43. The van der Waals surface area contributed by atoms with Crippen molar-refractivity contribution in [3.8, 4) is 0 Å². The van der Waals surface area contributed by atoms with Crippen LogP contribution in [0.1, 0.15) is 12.8 Å². The number of rotatable bonds is 6. The second-order valence-electron chi connectivity index (χ2n) is 3.26. The van der Waals surface area contributed by atoms with Crippen molar-refractivity contribution in [1.82, 2.24) is 10.2 Å². The molecule has 0 unspecified atom stereocenters. The second kappa shape index (κ2) is 6.40. The Hall–Kier alpha value is -0.120. The van der Waals surface area contributed by atoms with Gasteiger partial charge in [-0.25, -0.2) is 0 Å². The molecule has 0 aromatic carbocycles. The molecule has 1 saturated heterocycles. The molecule has 0 radical (unpaired) electrons. The fourth-order valence-electron chi connectivity index (χ4n) is 1.48. The average molecular weight is 172 g/mol. The van der Waals surface area contributed by atoms with Crippen LogP contribution in [-0.4, -0.2) is 51.3 Å². The monoisotopic (exact) mass is 172 g/mol. The second-order valence-corrected chi connectivity index (χ2v) is 3.26. The maximum absolute atomic E-state index is 5.43. The first-order valence-corrected chi connectivity index (χ1v) is 4.88. The lowest BCUT2D eigenvalue weighted by atomic mass is 10.4. The zero-order chi connectivity index (χ0) is 8.65. The maximum Gasteiger partial charge on any atom is 0.0594 e. The molecule has 0 spiro atoms. The maximum atomic E-state index is 5.43. The number of hydrogen-bond acceptors (Lipinski definition) is 3. The Morgan fingerprint density at radius 3 is 2.67 bits per heavy atom. The highest BCUT2D eigenvalue weighted by molar-refractivity contribution is 4.64. The average Bonchev–Trinajstić information content (AvgIpc) is 2.57. The zero-order valence-electron chi connectivity index (χ0n) is 8.01. The van der Waals surface area contributed by atoms with Gasteiger partial charge in [-0.2, -0.15) is 0 Å². The largest absolute Gasteiger partial charge is 0.379 e. The molecule has 1 heterocycles. The van der Waals surface area contributed by atoms with Gasteiger partial charge in [-0.1, -0.05) is 0 Å². The van der Waals surface area contributed by atoms with E-state index in [2.05, 4.69) is 10.2 Å². The number of hydrogen-bond donors (Lipinski definition) is 1. The summed E-state index contributed by atoms with van der Waals surface area (Å²) in [7, 11) is 1.95. The quantitative estimate of drug-likeness (QED) is 0.584. The van der Waals surface area contributed by atoms with Crippen molar-refractivity contribution < 1.29 is 4.74 Å². The van der Waals surface area contributed by atoms with Gasteiger partial charge >= 0.3 is 0 Å². The molecule has 3 nitrogen and oxygen atoms in total. The Kier molecular flexibility index (Phi) is 5.32. The zero-order valence-corrected chi connectivity index (χ0v) is 8.01. The Labute approximate surface area is 75.1 Å². The molecule has 0 aromatic rings. The molecule has 0 bridgehead atoms. The highest BCUT2D eigenvalue weighted by atomic mass is 16.5. The molecule has 12 heavy (non-hydrogen) atoms. The third-order valence-electron chi connectivity index (χ3n) is 2.25. The van der Waals surface area contributed by atoms with E-state index in [1.165, 1.54) is 25.9 Å². The topological polar surface area (TPSA) is 24.5 Å². The van der Waals surface area contributed by atoms with E-state index in [1.54, 1.807) is 0 Å². The molecule has 1 N–H and O–H groups in total. The van der Waals surface area contributed by atoms with Gasteiger partial charge in [-0.3, -0.25) is 0 Å². The van der Waals surface area contributed by atoms with Gasteiger partial charge < -0.3 is 15.0 Å². The third kappa shape index (κ3) is 4.04. The highest BCUT2D eigenvalue weighted by Gasteiger charge is 2.09. The van der Waals surface area contributed by atoms with Crippen LogP contribution >= 0.6 is 0 Å². The van der Waals surface area contributed by atoms with Crippen LogP contribution in [0.5, 0.6) is 0 Å². The number of likely N-dealkylation sites (N-methyl/N-ethyl adjacent to an activating group) is 1. The molecule has 1 aliphatic heterocycles. The van der Waals surface area contributed by atoms with Crippen LogP contribution in [0.15, 0.2) is 0 Å². The summed E-state index contributed by atoms with van der Waals surface area (Å²) >= 11 is 0. The third-order valence-corrected chi connectivity index (χ3v) is 2.25. The van der Waals surface area contributed by atoms with E-state index in [0.717, 1.165) is 26.3 Å². The Bertz CT molecular complexity index is 103. The summed E-state index contributed by atoms with van der Waals surface area (Å²) in [5.41, 5.74) is 0. The van der Waals surface area contributed by atoms with Gasteiger partial charge in [0.2, 0.25) is 0 Å². The van der Waals surface area contributed by atoms with E-state index in [1.807, 2.05) is 7.05 Å². The summed E-state index contributed by atoms with van der Waals surface area (Å²) in [4.78, 5) is 2.47. The number of ether oxygens (including phenoxy) is 1. The van der Waals surface area contributed by atoms with Gasteiger partial charge in [0.1, 0.15) is 0 Å². The standard InChI is InChI=1S/C9H20N2O/c1-10-4-8-12-9-7-11-5-2-3-6-11/h10H,2-9H2,1H3. The molecule has 3 heteroatoms. The first-order valence-electron chi connectivity index (χ1n) is 4.88. The molecule has 1 aliphatic rings. The van der Waals surface area contributed by atoms with Gasteiger partial charge in [-0.05, 0) is 33.0 Å². The van der Waals surface area contributed by atoms with E-state index in [9.17, 15) is 0 Å². The Morgan fingerprint density at radius 2 is 2.00 bits per heavy atom. The smallest absolute Gasteiger partial charge is 0.0594 e. The van der Waals surface area contributed by atoms with Crippen LogP contribution in [0.2, 0.25) is 0 Å². The predicted octanol–water partition coefficient (Wildman–Crippen LogP) is 0.318. The number of nitrogens with one attached hydrogen (secondary N) is 1. The summed E-state index contributed by atoms with van der Waals surface area (Å²) in [5, 5.41) is 3.06. The van der Waals surface area contributed by atoms with Crippen molar-refractivity contribution in [2.24, 2.45) is 0 Å². The van der Waals surface area contributed by atoms with Crippen LogP contribution in [0.4, 0.5) is 0 Å². The lowest BCUT2D eigenvalue weighted by Crippen LogP contribution is -2.25. The Morgan fingerprint density at radius 1 is 1.25 bits per heavy atom. The van der Waals surface area contributed by atoms with Crippen LogP contribution in [0, 0.1) is 0 Å². The van der Waals surface area contributed by atoms with E-state index in [4.69, 9.17) is 4.74 Å². The molecule has 0 aliphatic carbocycles. The minimum Gasteiger partial charge on any atom is -0.379 e. The molecule has 0 amide bonds. The van der Waals surface area contributed by atoms with Crippen molar-refractivity contribution in [1.29, 1.82) is 0 Å². The van der Waals surface area contributed by atoms with Crippen LogP contribution < -0.4 is 5.32 Å².